The van der Waals surface area contributed by atoms with Crippen LogP contribution in [0.5, 0.6) is 0 Å². The first kappa shape index (κ1) is 12.7. The van der Waals surface area contributed by atoms with E-state index in [4.69, 9.17) is 21.1 Å². The van der Waals surface area contributed by atoms with E-state index in [2.05, 4.69) is 0 Å². The number of nitrogens with zero attached hydrogens (tertiary/aromatic N) is 1. The average Bonchev–Trinajstić information content (AvgIpc) is 2.59. The molecule has 0 aliphatic carbocycles. The Hall–Kier alpha value is -0.320. The lowest BCUT2D eigenvalue weighted by molar-refractivity contribution is -0.128. The summed E-state index contributed by atoms with van der Waals surface area (Å²) >= 11 is 5.71. The number of amides is 1. The summed E-state index contributed by atoms with van der Waals surface area (Å²) in [6.07, 6.45) is 0.585. The Bertz CT molecular complexity index is 201. The van der Waals surface area contributed by atoms with Crippen molar-refractivity contribution in [2.24, 2.45) is 5.92 Å². The molecule has 0 aromatic rings. The summed E-state index contributed by atoms with van der Waals surface area (Å²) in [5, 5.41) is 0. The van der Waals surface area contributed by atoms with E-state index < -0.39 is 0 Å². The number of hydrogen-bond donors (Lipinski definition) is 0. The van der Waals surface area contributed by atoms with Crippen LogP contribution in [0.2, 0.25) is 0 Å². The molecule has 1 atom stereocenters. The molecule has 1 aliphatic heterocycles. The molecule has 4 nitrogen and oxygen atoms in total. The molecule has 0 N–H and O–H groups in total. The smallest absolute Gasteiger partial charge is 0.223 e. The molecule has 15 heavy (non-hydrogen) atoms. The molecular weight excluding hydrogens is 218 g/mol. The van der Waals surface area contributed by atoms with Crippen LogP contribution in [0.25, 0.3) is 0 Å². The molecule has 0 bridgehead atoms. The maximum Gasteiger partial charge on any atom is 0.223 e. The maximum absolute atomic E-state index is 11.5. The Morgan fingerprint density at radius 2 is 2.27 bits per heavy atom. The topological polar surface area (TPSA) is 38.8 Å². The summed E-state index contributed by atoms with van der Waals surface area (Å²) in [6.45, 7) is 3.19. The first-order valence-corrected chi connectivity index (χ1v) is 5.71. The second-order valence-corrected chi connectivity index (χ2v) is 3.98. The normalized spacial score (nSPS) is 21.3. The van der Waals surface area contributed by atoms with E-state index in [1.165, 1.54) is 0 Å². The molecule has 1 unspecified atom stereocenters. The van der Waals surface area contributed by atoms with Gasteiger partial charge in [-0.2, -0.15) is 0 Å². The molecule has 0 radical (unpaired) electrons. The number of ether oxygens (including phenoxy) is 2. The monoisotopic (exact) mass is 235 g/mol. The quantitative estimate of drug-likeness (QED) is 0.483. The van der Waals surface area contributed by atoms with Gasteiger partial charge in [-0.3, -0.25) is 4.79 Å². The van der Waals surface area contributed by atoms with Crippen molar-refractivity contribution in [3.8, 4) is 0 Å². The molecule has 88 valence electrons. The van der Waals surface area contributed by atoms with Gasteiger partial charge in [0.1, 0.15) is 0 Å². The van der Waals surface area contributed by atoms with Crippen LogP contribution in [0.4, 0.5) is 0 Å². The maximum atomic E-state index is 11.5. The number of carbonyl (C=O) groups excluding carboxylic acids is 1. The second kappa shape index (κ2) is 7.04. The molecule has 1 aliphatic rings. The standard InChI is InChI=1S/C10H18ClNO3/c1-14-4-5-15-3-2-12-8-9(7-11)6-10(12)13/h9H,2-8H2,1H3. The van der Waals surface area contributed by atoms with Crippen molar-refractivity contribution in [1.29, 1.82) is 0 Å². The fourth-order valence-corrected chi connectivity index (χ4v) is 1.80. The highest BCUT2D eigenvalue weighted by Gasteiger charge is 2.28. The van der Waals surface area contributed by atoms with E-state index in [9.17, 15) is 4.79 Å². The highest BCUT2D eigenvalue weighted by atomic mass is 35.5. The van der Waals surface area contributed by atoms with Crippen molar-refractivity contribution in [3.05, 3.63) is 0 Å². The van der Waals surface area contributed by atoms with Crippen molar-refractivity contribution in [3.63, 3.8) is 0 Å². The van der Waals surface area contributed by atoms with E-state index in [1.807, 2.05) is 4.90 Å². The van der Waals surface area contributed by atoms with Gasteiger partial charge in [0.2, 0.25) is 5.91 Å². The zero-order chi connectivity index (χ0) is 11.1. The predicted octanol–water partition coefficient (Wildman–Crippen LogP) is 0.737. The highest BCUT2D eigenvalue weighted by molar-refractivity contribution is 6.18. The third-order valence-corrected chi connectivity index (χ3v) is 2.89. The summed E-state index contributed by atoms with van der Waals surface area (Å²) in [5.41, 5.74) is 0. The SMILES string of the molecule is COCCOCCN1CC(CCl)CC1=O. The lowest BCUT2D eigenvalue weighted by Gasteiger charge is -2.15. The first-order chi connectivity index (χ1) is 7.27. The minimum absolute atomic E-state index is 0.191. The Labute approximate surface area is 95.5 Å². The molecule has 1 saturated heterocycles. The summed E-state index contributed by atoms with van der Waals surface area (Å²) in [5.74, 6) is 1.07. The fourth-order valence-electron chi connectivity index (χ4n) is 1.59. The van der Waals surface area contributed by atoms with Gasteiger partial charge in [0, 0.05) is 32.5 Å². The summed E-state index contributed by atoms with van der Waals surface area (Å²) in [4.78, 5) is 13.3. The summed E-state index contributed by atoms with van der Waals surface area (Å²) in [6, 6.07) is 0. The van der Waals surface area contributed by atoms with Crippen LogP contribution in [0.15, 0.2) is 0 Å². The Morgan fingerprint density at radius 3 is 2.87 bits per heavy atom. The zero-order valence-corrected chi connectivity index (χ0v) is 9.83. The van der Waals surface area contributed by atoms with Gasteiger partial charge in [0.05, 0.1) is 19.8 Å². The van der Waals surface area contributed by atoms with Crippen molar-refractivity contribution in [2.75, 3.05) is 45.9 Å². The van der Waals surface area contributed by atoms with Gasteiger partial charge in [-0.05, 0) is 5.92 Å². The molecule has 1 fully saturated rings. The fraction of sp³-hybridized carbons (Fsp3) is 0.900. The first-order valence-electron chi connectivity index (χ1n) is 5.18. The van der Waals surface area contributed by atoms with Gasteiger partial charge < -0.3 is 14.4 Å². The largest absolute Gasteiger partial charge is 0.382 e. The summed E-state index contributed by atoms with van der Waals surface area (Å²) in [7, 11) is 1.64. The van der Waals surface area contributed by atoms with E-state index >= 15 is 0 Å². The third kappa shape index (κ3) is 4.36. The summed E-state index contributed by atoms with van der Waals surface area (Å²) < 4.78 is 10.1. The van der Waals surface area contributed by atoms with E-state index in [1.54, 1.807) is 7.11 Å². The van der Waals surface area contributed by atoms with Crippen LogP contribution in [0.1, 0.15) is 6.42 Å². The van der Waals surface area contributed by atoms with Crippen LogP contribution in [-0.4, -0.2) is 56.7 Å². The number of methoxy groups -OCH3 is 1. The molecular formula is C10H18ClNO3. The van der Waals surface area contributed by atoms with Crippen molar-refractivity contribution < 1.29 is 14.3 Å². The van der Waals surface area contributed by atoms with Gasteiger partial charge in [-0.15, -0.1) is 11.6 Å². The van der Waals surface area contributed by atoms with Gasteiger partial charge >= 0.3 is 0 Å². The van der Waals surface area contributed by atoms with Gasteiger partial charge in [0.25, 0.3) is 0 Å². The number of likely N-dealkylation sites (tertiary alicyclic amines) is 1. The number of hydrogen-bond acceptors (Lipinski definition) is 3. The van der Waals surface area contributed by atoms with Crippen LogP contribution in [0.3, 0.4) is 0 Å². The number of alkyl halides is 1. The molecule has 1 heterocycles. The molecule has 0 aromatic heterocycles. The van der Waals surface area contributed by atoms with E-state index in [-0.39, 0.29) is 5.91 Å². The second-order valence-electron chi connectivity index (χ2n) is 3.67. The number of carbonyl (C=O) groups is 1. The van der Waals surface area contributed by atoms with Crippen molar-refractivity contribution >= 4 is 17.5 Å². The Balaban J connectivity index is 2.08. The zero-order valence-electron chi connectivity index (χ0n) is 9.08. The number of rotatable bonds is 7. The average molecular weight is 236 g/mol. The van der Waals surface area contributed by atoms with Gasteiger partial charge in [-0.25, -0.2) is 0 Å². The minimum Gasteiger partial charge on any atom is -0.382 e. The Kier molecular flexibility index (Phi) is 5.98. The van der Waals surface area contributed by atoms with E-state index in [0.717, 1.165) is 6.54 Å². The molecule has 1 rings (SSSR count). The predicted molar refractivity (Wildman–Crippen MR) is 58.1 cm³/mol. The molecule has 5 heteroatoms. The van der Waals surface area contributed by atoms with Crippen molar-refractivity contribution in [1.82, 2.24) is 4.90 Å². The lowest BCUT2D eigenvalue weighted by atomic mass is 10.2. The molecule has 0 aromatic carbocycles. The van der Waals surface area contributed by atoms with Crippen LogP contribution in [-0.2, 0) is 14.3 Å². The minimum atomic E-state index is 0.191. The molecule has 1 amide bonds. The van der Waals surface area contributed by atoms with Crippen LogP contribution in [0, 0.1) is 5.92 Å². The van der Waals surface area contributed by atoms with Gasteiger partial charge in [-0.1, -0.05) is 0 Å². The Morgan fingerprint density at radius 1 is 1.47 bits per heavy atom. The molecule has 0 saturated carbocycles. The third-order valence-electron chi connectivity index (χ3n) is 2.45. The van der Waals surface area contributed by atoms with Crippen molar-refractivity contribution in [2.45, 2.75) is 6.42 Å². The van der Waals surface area contributed by atoms with Crippen LogP contribution >= 0.6 is 11.6 Å². The lowest BCUT2D eigenvalue weighted by Crippen LogP contribution is -2.29. The molecule has 0 spiro atoms. The van der Waals surface area contributed by atoms with Gasteiger partial charge in [0.15, 0.2) is 0 Å². The number of halogens is 1. The van der Waals surface area contributed by atoms with Crippen LogP contribution < -0.4 is 0 Å². The van der Waals surface area contributed by atoms with E-state index in [0.29, 0.717) is 44.6 Å². The highest BCUT2D eigenvalue weighted by Crippen LogP contribution is 2.18.